The van der Waals surface area contributed by atoms with Crippen LogP contribution in [0.5, 0.6) is 0 Å². The van der Waals surface area contributed by atoms with Crippen molar-refractivity contribution in [2.75, 3.05) is 9.62 Å². The molecule has 0 radical (unpaired) electrons. The van der Waals surface area contributed by atoms with Crippen molar-refractivity contribution in [1.29, 1.82) is 0 Å². The largest absolute Gasteiger partial charge is 0.361 e. The van der Waals surface area contributed by atoms with E-state index in [-0.39, 0.29) is 11.9 Å². The predicted octanol–water partition coefficient (Wildman–Crippen LogP) is 7.72. The first-order valence-electron chi connectivity index (χ1n) is 14.7. The molecule has 0 saturated carbocycles. The van der Waals surface area contributed by atoms with Crippen LogP contribution in [0, 0.1) is 0 Å². The zero-order chi connectivity index (χ0) is 29.0. The molecular weight excluding hydrogens is 520 g/mol. The molecule has 1 amide bonds. The van der Waals surface area contributed by atoms with Gasteiger partial charge in [-0.2, -0.15) is 8.42 Å². The van der Waals surface area contributed by atoms with E-state index in [1.54, 1.807) is 24.3 Å². The van der Waals surface area contributed by atoms with Crippen molar-refractivity contribution in [3.8, 4) is 0 Å². The van der Waals surface area contributed by atoms with Crippen molar-refractivity contribution in [2.45, 2.75) is 96.9 Å². The highest BCUT2D eigenvalue weighted by Crippen LogP contribution is 2.40. The molecule has 0 aliphatic carbocycles. The molecule has 2 heterocycles. The highest BCUT2D eigenvalue weighted by Gasteiger charge is 2.31. The van der Waals surface area contributed by atoms with E-state index >= 15 is 0 Å². The molecule has 2 aromatic rings. The Morgan fingerprint density at radius 1 is 1.05 bits per heavy atom. The number of amides is 1. The van der Waals surface area contributed by atoms with Gasteiger partial charge < -0.3 is 10.3 Å². The minimum Gasteiger partial charge on any atom is -0.361 e. The molecule has 0 bridgehead atoms. The van der Waals surface area contributed by atoms with E-state index in [9.17, 15) is 13.2 Å². The number of nitrogens with two attached hydrogens (primary N) is 1. The fourth-order valence-corrected chi connectivity index (χ4v) is 6.51. The van der Waals surface area contributed by atoms with Crippen LogP contribution in [0.15, 0.2) is 61.3 Å². The topological polar surface area (TPSA) is 108 Å². The number of hydrogen-bond acceptors (Lipinski definition) is 3. The number of benzene rings is 1. The first-order valence-corrected chi connectivity index (χ1v) is 16.2. The normalized spacial score (nSPS) is 15.2. The smallest absolute Gasteiger partial charge is 0.299 e. The van der Waals surface area contributed by atoms with Gasteiger partial charge in [-0.3, -0.25) is 9.10 Å². The number of H-pyrrole nitrogens is 1. The number of fused-ring (bicyclic) bond motifs is 1. The lowest BCUT2D eigenvalue weighted by molar-refractivity contribution is -0.110. The van der Waals surface area contributed by atoms with E-state index in [0.29, 0.717) is 22.5 Å². The Balaban J connectivity index is 1.83. The maximum Gasteiger partial charge on any atom is 0.299 e. The second kappa shape index (κ2) is 15.6. The van der Waals surface area contributed by atoms with Crippen LogP contribution in [0.2, 0.25) is 0 Å². The van der Waals surface area contributed by atoms with Crippen LogP contribution in [0.4, 0.5) is 11.4 Å². The first kappa shape index (κ1) is 31.4. The average Bonchev–Trinajstić information content (AvgIpc) is 3.56. The maximum absolute atomic E-state index is 13.1. The second-order valence-electron chi connectivity index (χ2n) is 10.6. The summed E-state index contributed by atoms with van der Waals surface area (Å²) < 4.78 is 27.6. The number of carbonyl (C=O) groups excluding carboxylic acids is 1. The van der Waals surface area contributed by atoms with Crippen molar-refractivity contribution in [3.05, 3.63) is 72.6 Å². The molecule has 1 aliphatic heterocycles. The number of allylic oxidation sites excluding steroid dienone is 4. The number of unbranched alkanes of at least 4 members (excludes halogenated alkanes) is 8. The van der Waals surface area contributed by atoms with Gasteiger partial charge in [-0.25, -0.2) is 5.14 Å². The summed E-state index contributed by atoms with van der Waals surface area (Å²) in [5.74, 6) is -0.197. The molecule has 4 N–H and O–H groups in total. The number of hydrogen-bond donors (Lipinski definition) is 3. The van der Waals surface area contributed by atoms with E-state index in [1.807, 2.05) is 31.3 Å². The summed E-state index contributed by atoms with van der Waals surface area (Å²) in [6.45, 7) is 7.76. The monoisotopic (exact) mass is 566 g/mol. The maximum atomic E-state index is 13.1. The van der Waals surface area contributed by atoms with Crippen molar-refractivity contribution in [2.24, 2.45) is 5.14 Å². The van der Waals surface area contributed by atoms with Crippen LogP contribution >= 0.6 is 0 Å². The van der Waals surface area contributed by atoms with Gasteiger partial charge in [-0.15, -0.1) is 0 Å². The molecule has 0 saturated heterocycles. The molecule has 7 nitrogen and oxygen atoms in total. The molecule has 3 rings (SSSR count). The number of carbonyl (C=O) groups is 1. The first-order chi connectivity index (χ1) is 19.3. The van der Waals surface area contributed by atoms with Crippen LogP contribution in [0.3, 0.4) is 0 Å². The van der Waals surface area contributed by atoms with Gasteiger partial charge in [0, 0.05) is 29.2 Å². The van der Waals surface area contributed by atoms with Crippen LogP contribution in [0.1, 0.15) is 102 Å². The molecular formula is C32H46N4O3S. The van der Waals surface area contributed by atoms with Crippen LogP contribution in [-0.2, 0) is 15.0 Å². The van der Waals surface area contributed by atoms with E-state index in [4.69, 9.17) is 5.14 Å². The highest BCUT2D eigenvalue weighted by molar-refractivity contribution is 7.90. The zero-order valence-electron chi connectivity index (χ0n) is 24.1. The van der Waals surface area contributed by atoms with Crippen molar-refractivity contribution in [3.63, 3.8) is 0 Å². The van der Waals surface area contributed by atoms with E-state index < -0.39 is 10.2 Å². The Morgan fingerprint density at radius 3 is 2.40 bits per heavy atom. The standard InChI is InChI=1S/C32H46N4O3S/c1-4-6-8-10-11-12-13-14-16-19-26(18-15-9-7-5-2)36(40(33,38)39)27-21-22-30-28(24-27)31(32(37)35-30)25(3)29-20-17-23-34-29/h4,6,8,17,20-24,26,34H,1,5,7,9-16,18-19H2,2-3H3,(H,35,37)(H2,33,38,39)/b8-6-,31-25?. The summed E-state index contributed by atoms with van der Waals surface area (Å²) in [5.41, 5.74) is 4.05. The van der Waals surface area contributed by atoms with Gasteiger partial charge in [0.2, 0.25) is 0 Å². The summed E-state index contributed by atoms with van der Waals surface area (Å²) in [6, 6.07) is 8.91. The predicted molar refractivity (Wildman–Crippen MR) is 168 cm³/mol. The lowest BCUT2D eigenvalue weighted by Crippen LogP contribution is -2.44. The zero-order valence-corrected chi connectivity index (χ0v) is 24.9. The summed E-state index contributed by atoms with van der Waals surface area (Å²) in [7, 11) is -4.04. The van der Waals surface area contributed by atoms with Crippen molar-refractivity contribution < 1.29 is 13.2 Å². The molecule has 0 fully saturated rings. The van der Waals surface area contributed by atoms with Crippen molar-refractivity contribution in [1.82, 2.24) is 4.98 Å². The summed E-state index contributed by atoms with van der Waals surface area (Å²) in [6.07, 6.45) is 20.0. The molecule has 1 unspecified atom stereocenters. The molecule has 8 heteroatoms. The molecule has 40 heavy (non-hydrogen) atoms. The second-order valence-corrected chi connectivity index (χ2v) is 12.0. The third kappa shape index (κ3) is 8.70. The Labute approximate surface area is 240 Å². The van der Waals surface area contributed by atoms with Gasteiger partial charge in [0.05, 0.1) is 11.3 Å². The van der Waals surface area contributed by atoms with E-state index in [2.05, 4.69) is 29.9 Å². The highest BCUT2D eigenvalue weighted by atomic mass is 32.2. The Morgan fingerprint density at radius 2 is 1.75 bits per heavy atom. The summed E-state index contributed by atoms with van der Waals surface area (Å²) >= 11 is 0. The summed E-state index contributed by atoms with van der Waals surface area (Å²) in [4.78, 5) is 16.1. The fourth-order valence-electron chi connectivity index (χ4n) is 5.48. The fraction of sp³-hybridized carbons (Fsp3) is 0.469. The van der Waals surface area contributed by atoms with Gasteiger partial charge in [0.1, 0.15) is 0 Å². The van der Waals surface area contributed by atoms with Crippen LogP contribution in [-0.4, -0.2) is 25.4 Å². The molecule has 0 spiro atoms. The Hall–Kier alpha value is -3.10. The Bertz CT molecular complexity index is 1280. The molecule has 1 aromatic heterocycles. The molecule has 1 atom stereocenters. The minimum absolute atomic E-state index is 0.197. The Kier molecular flexibility index (Phi) is 12.3. The third-order valence-corrected chi connectivity index (χ3v) is 8.61. The number of aromatic amines is 1. The molecule has 1 aromatic carbocycles. The lowest BCUT2D eigenvalue weighted by atomic mass is 9.98. The number of nitrogens with one attached hydrogen (secondary N) is 2. The summed E-state index contributed by atoms with van der Waals surface area (Å²) in [5, 5.41) is 8.81. The average molecular weight is 567 g/mol. The van der Waals surface area contributed by atoms with Gasteiger partial charge in [-0.05, 0) is 68.5 Å². The lowest BCUT2D eigenvalue weighted by Gasteiger charge is -2.32. The SMILES string of the molecule is C=C/C=C\CCCCCCCC(CCCCCC)N(c1ccc2c(c1)C(=C(C)c1ccc[nH]1)C(=O)N2)S(N)(=O)=O. The van der Waals surface area contributed by atoms with E-state index in [0.717, 1.165) is 88.3 Å². The number of rotatable bonds is 18. The molecule has 218 valence electrons. The minimum atomic E-state index is -4.04. The number of nitrogens with zero attached hydrogens (tertiary/aromatic N) is 1. The quantitative estimate of drug-likeness (QED) is 0.0976. The molecule has 1 aliphatic rings. The van der Waals surface area contributed by atoms with Crippen molar-refractivity contribution >= 4 is 38.6 Å². The van der Waals surface area contributed by atoms with Crippen LogP contribution < -0.4 is 14.8 Å². The number of anilines is 2. The van der Waals surface area contributed by atoms with Crippen LogP contribution in [0.25, 0.3) is 11.1 Å². The van der Waals surface area contributed by atoms with Gasteiger partial charge in [0.25, 0.3) is 16.1 Å². The van der Waals surface area contributed by atoms with Gasteiger partial charge in [-0.1, -0.05) is 83.1 Å². The van der Waals surface area contributed by atoms with Gasteiger partial charge in [0.15, 0.2) is 0 Å². The number of aromatic nitrogens is 1. The third-order valence-electron chi connectivity index (χ3n) is 7.56. The van der Waals surface area contributed by atoms with Gasteiger partial charge >= 0.3 is 0 Å². The van der Waals surface area contributed by atoms with E-state index in [1.165, 1.54) is 4.31 Å².